The molecular weight excluding hydrogens is 242 g/mol. The van der Waals surface area contributed by atoms with Crippen LogP contribution in [0.5, 0.6) is 0 Å². The van der Waals surface area contributed by atoms with Crippen molar-refractivity contribution in [1.82, 2.24) is 9.78 Å². The average molecular weight is 260 g/mol. The maximum absolute atomic E-state index is 11.7. The Morgan fingerprint density at radius 1 is 1.59 bits per heavy atom. The molecule has 1 aromatic rings. The smallest absolute Gasteiger partial charge is 0.268 e. The van der Waals surface area contributed by atoms with Crippen LogP contribution < -0.4 is 10.5 Å². The van der Waals surface area contributed by atoms with Gasteiger partial charge in [-0.05, 0) is 6.42 Å². The highest BCUT2D eigenvalue weighted by Crippen LogP contribution is 2.06. The van der Waals surface area contributed by atoms with Crippen LogP contribution in [-0.2, 0) is 11.3 Å². The van der Waals surface area contributed by atoms with Gasteiger partial charge in [0.25, 0.3) is 5.56 Å². The molecule has 0 spiro atoms. The summed E-state index contributed by atoms with van der Waals surface area (Å²) in [6, 6.07) is 1.58. The minimum Gasteiger partial charge on any atom is -0.383 e. The van der Waals surface area contributed by atoms with Crippen molar-refractivity contribution in [3.63, 3.8) is 0 Å². The maximum Gasteiger partial charge on any atom is 0.268 e. The van der Waals surface area contributed by atoms with Gasteiger partial charge in [-0.1, -0.05) is 0 Å². The summed E-state index contributed by atoms with van der Waals surface area (Å²) in [7, 11) is 3.55. The van der Waals surface area contributed by atoms with Gasteiger partial charge in [0.1, 0.15) is 0 Å². The molecule has 0 aromatic carbocycles. The zero-order chi connectivity index (χ0) is 12.7. The lowest BCUT2D eigenvalue weighted by Crippen LogP contribution is -2.27. The molecule has 0 unspecified atom stereocenters. The number of anilines is 1. The molecule has 0 saturated carbocycles. The molecule has 1 heterocycles. The van der Waals surface area contributed by atoms with Gasteiger partial charge in [-0.25, -0.2) is 4.68 Å². The minimum absolute atomic E-state index is 0.100. The molecule has 1 aromatic heterocycles. The first-order valence-corrected chi connectivity index (χ1v) is 6.05. The van der Waals surface area contributed by atoms with E-state index < -0.39 is 0 Å². The van der Waals surface area contributed by atoms with Gasteiger partial charge in [0.15, 0.2) is 0 Å². The second-order valence-electron chi connectivity index (χ2n) is 3.73. The lowest BCUT2D eigenvalue weighted by atomic mass is 10.4. The fraction of sp³-hybridized carbons (Fsp3) is 0.636. The van der Waals surface area contributed by atoms with Crippen molar-refractivity contribution in [1.29, 1.82) is 0 Å². The zero-order valence-corrected chi connectivity index (χ0v) is 11.0. The van der Waals surface area contributed by atoms with Gasteiger partial charge >= 0.3 is 0 Å². The van der Waals surface area contributed by atoms with Gasteiger partial charge in [-0.3, -0.25) is 4.79 Å². The summed E-state index contributed by atoms with van der Waals surface area (Å²) in [5.41, 5.74) is 0.700. The number of aromatic nitrogens is 2. The van der Waals surface area contributed by atoms with Crippen molar-refractivity contribution >= 4 is 17.3 Å². The Balaban J connectivity index is 2.70. The standard InChI is InChI=1S/C11H18ClN3O2/c1-14(6-7-17-2)10-8-11(16)15(13-9-10)5-3-4-12/h8-9H,3-7H2,1-2H3. The summed E-state index contributed by atoms with van der Waals surface area (Å²) >= 11 is 5.58. The number of methoxy groups -OCH3 is 1. The normalized spacial score (nSPS) is 10.5. The van der Waals surface area contributed by atoms with Crippen LogP contribution in [0.15, 0.2) is 17.1 Å². The third-order valence-corrected chi connectivity index (χ3v) is 2.70. The third-order valence-electron chi connectivity index (χ3n) is 2.43. The largest absolute Gasteiger partial charge is 0.383 e. The molecule has 1 rings (SSSR count). The molecule has 0 atom stereocenters. The lowest BCUT2D eigenvalue weighted by molar-refractivity contribution is 0.206. The molecule has 0 aliphatic rings. The Labute approximate surface area is 106 Å². The molecule has 5 nitrogen and oxygen atoms in total. The van der Waals surface area contributed by atoms with Crippen molar-refractivity contribution in [3.05, 3.63) is 22.6 Å². The van der Waals surface area contributed by atoms with Gasteiger partial charge in [0.2, 0.25) is 0 Å². The first-order chi connectivity index (χ1) is 8.19. The number of nitrogens with zero attached hydrogens (tertiary/aromatic N) is 3. The highest BCUT2D eigenvalue weighted by molar-refractivity contribution is 6.17. The molecule has 0 N–H and O–H groups in total. The lowest BCUT2D eigenvalue weighted by Gasteiger charge is -2.18. The van der Waals surface area contributed by atoms with E-state index in [9.17, 15) is 4.79 Å². The summed E-state index contributed by atoms with van der Waals surface area (Å²) in [5, 5.41) is 4.11. The van der Waals surface area contributed by atoms with Gasteiger partial charge in [0, 0.05) is 39.2 Å². The van der Waals surface area contributed by atoms with Crippen LogP contribution in [0.2, 0.25) is 0 Å². The van der Waals surface area contributed by atoms with E-state index in [1.54, 1.807) is 19.4 Å². The molecular formula is C11H18ClN3O2. The predicted molar refractivity (Wildman–Crippen MR) is 69.0 cm³/mol. The molecule has 0 bridgehead atoms. The first kappa shape index (κ1) is 14.0. The first-order valence-electron chi connectivity index (χ1n) is 5.52. The highest BCUT2D eigenvalue weighted by atomic mass is 35.5. The zero-order valence-electron chi connectivity index (χ0n) is 10.2. The predicted octanol–water partition coefficient (Wildman–Crippen LogP) is 0.955. The molecule has 6 heteroatoms. The average Bonchev–Trinajstić information content (AvgIpc) is 2.34. The Bertz CT molecular complexity index is 395. The van der Waals surface area contributed by atoms with E-state index in [1.165, 1.54) is 4.68 Å². The van der Waals surface area contributed by atoms with Crippen molar-refractivity contribution in [2.24, 2.45) is 0 Å². The molecule has 0 aliphatic carbocycles. The summed E-state index contributed by atoms with van der Waals surface area (Å²) in [6.45, 7) is 1.90. The van der Waals surface area contributed by atoms with E-state index in [2.05, 4.69) is 5.10 Å². The van der Waals surface area contributed by atoms with E-state index in [0.717, 1.165) is 18.7 Å². The quantitative estimate of drug-likeness (QED) is 0.685. The number of rotatable bonds is 7. The number of halogens is 1. The van der Waals surface area contributed by atoms with Crippen molar-refractivity contribution in [2.75, 3.05) is 38.1 Å². The van der Waals surface area contributed by atoms with E-state index in [0.29, 0.717) is 19.0 Å². The third kappa shape index (κ3) is 4.36. The number of ether oxygens (including phenoxy) is 1. The van der Waals surface area contributed by atoms with Crippen LogP contribution in [0.1, 0.15) is 6.42 Å². The SMILES string of the molecule is COCCN(C)c1cnn(CCCCl)c(=O)c1. The fourth-order valence-electron chi connectivity index (χ4n) is 1.37. The molecule has 0 radical (unpaired) electrons. The molecule has 0 fully saturated rings. The number of hydrogen-bond acceptors (Lipinski definition) is 4. The number of hydrogen-bond donors (Lipinski definition) is 0. The Hall–Kier alpha value is -1.07. The second kappa shape index (κ2) is 7.29. The van der Waals surface area contributed by atoms with Crippen molar-refractivity contribution in [3.8, 4) is 0 Å². The monoisotopic (exact) mass is 259 g/mol. The summed E-state index contributed by atoms with van der Waals surface area (Å²) < 4.78 is 6.41. The van der Waals surface area contributed by atoms with Gasteiger partial charge in [0.05, 0.1) is 18.5 Å². The fourth-order valence-corrected chi connectivity index (χ4v) is 1.49. The van der Waals surface area contributed by atoms with Gasteiger partial charge < -0.3 is 9.64 Å². The molecule has 17 heavy (non-hydrogen) atoms. The van der Waals surface area contributed by atoms with Crippen LogP contribution >= 0.6 is 11.6 Å². The van der Waals surface area contributed by atoms with Gasteiger partial charge in [-0.15, -0.1) is 11.6 Å². The van der Waals surface area contributed by atoms with Gasteiger partial charge in [-0.2, -0.15) is 5.10 Å². The highest BCUT2D eigenvalue weighted by Gasteiger charge is 2.04. The Morgan fingerprint density at radius 2 is 2.35 bits per heavy atom. The molecule has 0 amide bonds. The Kier molecular flexibility index (Phi) is 6.00. The van der Waals surface area contributed by atoms with Crippen molar-refractivity contribution in [2.45, 2.75) is 13.0 Å². The minimum atomic E-state index is -0.100. The number of alkyl halides is 1. The van der Waals surface area contributed by atoms with E-state index >= 15 is 0 Å². The summed E-state index contributed by atoms with van der Waals surface area (Å²) in [4.78, 5) is 13.7. The van der Waals surface area contributed by atoms with Crippen LogP contribution in [0.4, 0.5) is 5.69 Å². The van der Waals surface area contributed by atoms with Crippen LogP contribution in [-0.4, -0.2) is 43.0 Å². The topological polar surface area (TPSA) is 47.4 Å². The second-order valence-corrected chi connectivity index (χ2v) is 4.11. The number of aryl methyl sites for hydroxylation is 1. The molecule has 0 aliphatic heterocycles. The maximum atomic E-state index is 11.7. The van der Waals surface area contributed by atoms with E-state index in [-0.39, 0.29) is 5.56 Å². The van der Waals surface area contributed by atoms with Crippen LogP contribution in [0, 0.1) is 0 Å². The number of likely N-dealkylation sites (N-methyl/N-ethyl adjacent to an activating group) is 1. The van der Waals surface area contributed by atoms with E-state index in [4.69, 9.17) is 16.3 Å². The molecule has 96 valence electrons. The van der Waals surface area contributed by atoms with Crippen LogP contribution in [0.25, 0.3) is 0 Å². The summed E-state index contributed by atoms with van der Waals surface area (Å²) in [5.74, 6) is 0.531. The summed E-state index contributed by atoms with van der Waals surface area (Å²) in [6.07, 6.45) is 2.43. The Morgan fingerprint density at radius 3 is 2.94 bits per heavy atom. The van der Waals surface area contributed by atoms with E-state index in [1.807, 2.05) is 11.9 Å². The molecule has 0 saturated heterocycles. The van der Waals surface area contributed by atoms with Crippen LogP contribution in [0.3, 0.4) is 0 Å². The van der Waals surface area contributed by atoms with Crippen molar-refractivity contribution < 1.29 is 4.74 Å².